The Morgan fingerprint density at radius 1 is 1.08 bits per heavy atom. The van der Waals surface area contributed by atoms with Gasteiger partial charge in [-0.05, 0) is 92.8 Å². The first-order chi connectivity index (χ1) is 11.7. The monoisotopic (exact) mass is 360 g/mol. The lowest BCUT2D eigenvalue weighted by molar-refractivity contribution is -0.139. The number of hydrogen-bond acceptors (Lipinski definition) is 4. The zero-order chi connectivity index (χ0) is 17.6. The minimum absolute atomic E-state index is 0.131. The molecule has 25 heavy (non-hydrogen) atoms. The normalized spacial score (nSPS) is 51.4. The number of hydrogen-bond donors (Lipinski definition) is 2. The molecule has 0 bridgehead atoms. The highest BCUT2D eigenvalue weighted by Gasteiger charge is 2.63. The van der Waals surface area contributed by atoms with E-state index in [1.807, 2.05) is 0 Å². The number of anilines is 1. The summed E-state index contributed by atoms with van der Waals surface area (Å²) in [5.41, 5.74) is 7.39. The quantitative estimate of drug-likeness (QED) is 0.719. The zero-order valence-corrected chi connectivity index (χ0v) is 16.7. The summed E-state index contributed by atoms with van der Waals surface area (Å²) in [7, 11) is 0. The summed E-state index contributed by atoms with van der Waals surface area (Å²) in [6.07, 6.45) is 9.73. The van der Waals surface area contributed by atoms with Gasteiger partial charge in [0.15, 0.2) is 5.13 Å². The first-order valence-corrected chi connectivity index (χ1v) is 11.0. The summed E-state index contributed by atoms with van der Waals surface area (Å²) < 4.78 is 0. The van der Waals surface area contributed by atoms with Crippen LogP contribution in [0.3, 0.4) is 0 Å². The fraction of sp³-hybridized carbons (Fsp3) is 0.857. The van der Waals surface area contributed by atoms with Gasteiger partial charge in [-0.25, -0.2) is 4.98 Å². The van der Waals surface area contributed by atoms with Gasteiger partial charge in [0, 0.05) is 4.88 Å². The summed E-state index contributed by atoms with van der Waals surface area (Å²) in [6, 6.07) is 0. The number of fused-ring (bicyclic) bond motifs is 6. The summed E-state index contributed by atoms with van der Waals surface area (Å²) in [4.78, 5) is 6.09. The lowest BCUT2D eigenvalue weighted by Crippen LogP contribution is -2.56. The summed E-state index contributed by atoms with van der Waals surface area (Å²) in [6.45, 7) is 7.06. The molecule has 3 N–H and O–H groups in total. The molecule has 0 aliphatic heterocycles. The van der Waals surface area contributed by atoms with Crippen molar-refractivity contribution in [3.8, 4) is 0 Å². The molecular formula is C21H32N2OS. The first-order valence-electron chi connectivity index (χ1n) is 10.2. The van der Waals surface area contributed by atoms with Crippen molar-refractivity contribution in [3.63, 3.8) is 0 Å². The maximum absolute atomic E-state index is 11.0. The van der Waals surface area contributed by atoms with Crippen molar-refractivity contribution >= 4 is 16.5 Å². The van der Waals surface area contributed by atoms with Gasteiger partial charge < -0.3 is 10.8 Å². The molecule has 1 aromatic rings. The molecular weight excluding hydrogens is 328 g/mol. The first kappa shape index (κ1) is 16.6. The Morgan fingerprint density at radius 3 is 2.64 bits per heavy atom. The molecule has 4 heteroatoms. The number of thiazole rings is 1. The molecule has 0 unspecified atom stereocenters. The Balaban J connectivity index is 1.50. The number of nitrogens with two attached hydrogens (primary N) is 1. The van der Waals surface area contributed by atoms with Gasteiger partial charge >= 0.3 is 0 Å². The molecule has 7 atom stereocenters. The van der Waals surface area contributed by atoms with E-state index in [2.05, 4.69) is 25.8 Å². The van der Waals surface area contributed by atoms with E-state index in [-0.39, 0.29) is 5.41 Å². The predicted molar refractivity (Wildman–Crippen MR) is 102 cm³/mol. The van der Waals surface area contributed by atoms with E-state index in [9.17, 15) is 5.11 Å². The third kappa shape index (κ3) is 2.04. The molecule has 3 fully saturated rings. The second-order valence-electron chi connectivity index (χ2n) is 10.2. The van der Waals surface area contributed by atoms with E-state index < -0.39 is 5.60 Å². The molecule has 0 aromatic carbocycles. The molecule has 5 rings (SSSR count). The van der Waals surface area contributed by atoms with Crippen LogP contribution in [0.25, 0.3) is 0 Å². The fourth-order valence-electron chi connectivity index (χ4n) is 7.67. The highest BCUT2D eigenvalue weighted by atomic mass is 32.1. The van der Waals surface area contributed by atoms with Gasteiger partial charge in [-0.2, -0.15) is 0 Å². The van der Waals surface area contributed by atoms with Gasteiger partial charge in [-0.15, -0.1) is 11.3 Å². The average molecular weight is 361 g/mol. The molecule has 0 amide bonds. The summed E-state index contributed by atoms with van der Waals surface area (Å²) in [5.74, 6) is 3.11. The van der Waals surface area contributed by atoms with Crippen LogP contribution in [0, 0.1) is 34.5 Å². The standard InChI is InChI=1S/C21H32N2OS/c1-19-11-17-16(23-18(22)25-17)10-12(19)4-5-13-14(19)6-8-20(2)15(13)7-9-21(20,3)24/h12-15,24H,4-11H2,1-3H3,(H2,22,23)/t12-,13-,14+,15-,19-,20-,21+/m0/s1. The predicted octanol–water partition coefficient (Wildman–Crippen LogP) is 4.43. The molecule has 0 spiro atoms. The molecule has 1 aromatic heterocycles. The third-order valence-corrected chi connectivity index (χ3v) is 10.3. The van der Waals surface area contributed by atoms with Gasteiger partial charge in [0.1, 0.15) is 0 Å². The molecule has 0 radical (unpaired) electrons. The second kappa shape index (κ2) is 5.01. The number of nitrogens with zero attached hydrogens (tertiary/aromatic N) is 1. The molecule has 4 aliphatic carbocycles. The van der Waals surface area contributed by atoms with Crippen molar-refractivity contribution in [2.24, 2.45) is 34.5 Å². The molecule has 3 nitrogen and oxygen atoms in total. The van der Waals surface area contributed by atoms with Gasteiger partial charge in [-0.3, -0.25) is 0 Å². The van der Waals surface area contributed by atoms with Gasteiger partial charge in [0.25, 0.3) is 0 Å². The second-order valence-corrected chi connectivity index (χ2v) is 11.3. The summed E-state index contributed by atoms with van der Waals surface area (Å²) >= 11 is 1.73. The molecule has 138 valence electrons. The van der Waals surface area contributed by atoms with Crippen molar-refractivity contribution in [1.82, 2.24) is 4.98 Å². The topological polar surface area (TPSA) is 59.1 Å². The Morgan fingerprint density at radius 2 is 1.84 bits per heavy atom. The Labute approximate surface area is 155 Å². The Bertz CT molecular complexity index is 713. The van der Waals surface area contributed by atoms with Gasteiger partial charge in [-0.1, -0.05) is 13.8 Å². The van der Waals surface area contributed by atoms with Crippen LogP contribution in [0.5, 0.6) is 0 Å². The minimum Gasteiger partial charge on any atom is -0.390 e. The Kier molecular flexibility index (Phi) is 3.32. The van der Waals surface area contributed by atoms with Crippen LogP contribution in [0.1, 0.15) is 69.9 Å². The number of rotatable bonds is 0. The van der Waals surface area contributed by atoms with Crippen molar-refractivity contribution in [1.29, 1.82) is 0 Å². The number of aromatic nitrogens is 1. The van der Waals surface area contributed by atoms with Crippen LogP contribution in [-0.4, -0.2) is 15.7 Å². The van der Waals surface area contributed by atoms with Crippen LogP contribution >= 0.6 is 11.3 Å². The maximum Gasteiger partial charge on any atom is 0.180 e. The minimum atomic E-state index is -0.466. The van der Waals surface area contributed by atoms with E-state index in [1.165, 1.54) is 49.1 Å². The number of aliphatic hydroxyl groups is 1. The van der Waals surface area contributed by atoms with Crippen LogP contribution in [0.2, 0.25) is 0 Å². The zero-order valence-electron chi connectivity index (χ0n) is 15.8. The molecule has 4 aliphatic rings. The van der Waals surface area contributed by atoms with Crippen molar-refractivity contribution in [2.75, 3.05) is 5.73 Å². The van der Waals surface area contributed by atoms with E-state index in [0.29, 0.717) is 11.3 Å². The van der Waals surface area contributed by atoms with Crippen LogP contribution in [0.4, 0.5) is 5.13 Å². The smallest absolute Gasteiger partial charge is 0.180 e. The van der Waals surface area contributed by atoms with E-state index in [1.54, 1.807) is 11.3 Å². The highest BCUT2D eigenvalue weighted by molar-refractivity contribution is 7.15. The van der Waals surface area contributed by atoms with Crippen molar-refractivity contribution < 1.29 is 5.11 Å². The van der Waals surface area contributed by atoms with Crippen LogP contribution in [0.15, 0.2) is 0 Å². The molecule has 1 heterocycles. The van der Waals surface area contributed by atoms with Gasteiger partial charge in [0.2, 0.25) is 0 Å². The SMILES string of the molecule is C[C@]12Cc3sc(N)nc3C[C@@H]1CC[C@H]1[C@H]2CC[C@@]2(C)[C@H]1CC[C@@]2(C)O. The Hall–Kier alpha value is -0.610. The number of nitrogen functional groups attached to an aromatic ring is 1. The molecule has 3 saturated carbocycles. The van der Waals surface area contributed by atoms with Crippen molar-refractivity contribution in [3.05, 3.63) is 10.6 Å². The van der Waals surface area contributed by atoms with Gasteiger partial charge in [0.05, 0.1) is 11.3 Å². The van der Waals surface area contributed by atoms with E-state index in [4.69, 9.17) is 5.73 Å². The maximum atomic E-state index is 11.0. The molecule has 0 saturated heterocycles. The average Bonchev–Trinajstić information content (AvgIpc) is 3.00. The van der Waals surface area contributed by atoms with E-state index in [0.717, 1.165) is 35.7 Å². The fourth-order valence-corrected chi connectivity index (χ4v) is 8.71. The summed E-state index contributed by atoms with van der Waals surface area (Å²) in [5, 5.41) is 11.8. The van der Waals surface area contributed by atoms with Crippen LogP contribution < -0.4 is 5.73 Å². The third-order valence-electron chi connectivity index (χ3n) is 9.40. The largest absolute Gasteiger partial charge is 0.390 e. The van der Waals surface area contributed by atoms with E-state index >= 15 is 0 Å². The van der Waals surface area contributed by atoms with Crippen LogP contribution in [-0.2, 0) is 12.8 Å². The highest BCUT2D eigenvalue weighted by Crippen LogP contribution is 2.67. The lowest BCUT2D eigenvalue weighted by atomic mass is 9.45. The lowest BCUT2D eigenvalue weighted by Gasteiger charge is -2.60. The van der Waals surface area contributed by atoms with Crippen molar-refractivity contribution in [2.45, 2.75) is 77.7 Å².